The maximum absolute atomic E-state index is 13.0. The number of para-hydroxylation sites is 1. The molecule has 4 aromatic rings. The molecule has 9 heteroatoms. The third-order valence-electron chi connectivity index (χ3n) is 5.72. The fourth-order valence-corrected chi connectivity index (χ4v) is 4.79. The average Bonchev–Trinajstić information content (AvgIpc) is 3.27. The first-order valence-electron chi connectivity index (χ1n) is 11.4. The predicted molar refractivity (Wildman–Crippen MR) is 134 cm³/mol. The highest BCUT2D eigenvalue weighted by atomic mass is 32.2. The van der Waals surface area contributed by atoms with Crippen LogP contribution in [-0.4, -0.2) is 37.9 Å². The molecule has 0 bridgehead atoms. The smallest absolute Gasteiger partial charge is 0.262 e. The molecule has 0 saturated carbocycles. The van der Waals surface area contributed by atoms with E-state index in [9.17, 15) is 9.59 Å². The van der Waals surface area contributed by atoms with Crippen molar-refractivity contribution in [1.29, 1.82) is 0 Å². The van der Waals surface area contributed by atoms with E-state index >= 15 is 0 Å². The van der Waals surface area contributed by atoms with Gasteiger partial charge in [-0.05, 0) is 42.2 Å². The minimum atomic E-state index is -0.121. The van der Waals surface area contributed by atoms with Gasteiger partial charge in [-0.15, -0.1) is 10.2 Å². The Morgan fingerprint density at radius 1 is 1.12 bits per heavy atom. The van der Waals surface area contributed by atoms with Gasteiger partial charge < -0.3 is 10.1 Å². The van der Waals surface area contributed by atoms with Crippen LogP contribution in [0.25, 0.3) is 16.7 Å². The van der Waals surface area contributed by atoms with Crippen LogP contribution in [0.4, 0.5) is 0 Å². The Kier molecular flexibility index (Phi) is 7.21. The summed E-state index contributed by atoms with van der Waals surface area (Å²) in [5.74, 6) is 1.57. The zero-order chi connectivity index (χ0) is 24.2. The van der Waals surface area contributed by atoms with Crippen LogP contribution in [0.5, 0.6) is 5.75 Å². The first kappa shape index (κ1) is 23.8. The molecule has 2 heterocycles. The lowest BCUT2D eigenvalue weighted by Gasteiger charge is -2.23. The first-order chi connectivity index (χ1) is 16.4. The van der Waals surface area contributed by atoms with E-state index in [4.69, 9.17) is 4.74 Å². The van der Waals surface area contributed by atoms with Crippen LogP contribution < -0.4 is 15.6 Å². The van der Waals surface area contributed by atoms with Gasteiger partial charge in [0.1, 0.15) is 5.75 Å². The number of nitrogens with zero attached hydrogens (tertiary/aromatic N) is 4. The van der Waals surface area contributed by atoms with Gasteiger partial charge >= 0.3 is 0 Å². The van der Waals surface area contributed by atoms with E-state index in [1.807, 2.05) is 59.9 Å². The van der Waals surface area contributed by atoms with Crippen LogP contribution >= 0.6 is 11.8 Å². The average molecular weight is 480 g/mol. The van der Waals surface area contributed by atoms with Crippen molar-refractivity contribution in [1.82, 2.24) is 24.5 Å². The molecule has 2 aromatic heterocycles. The van der Waals surface area contributed by atoms with Gasteiger partial charge in [-0.2, -0.15) is 0 Å². The molecule has 178 valence electrons. The molecule has 8 nitrogen and oxygen atoms in total. The molecule has 0 radical (unpaired) electrons. The molecule has 34 heavy (non-hydrogen) atoms. The van der Waals surface area contributed by atoms with E-state index < -0.39 is 0 Å². The lowest BCUT2D eigenvalue weighted by atomic mass is 9.96. The SMILES string of the molecule is CCCn1c(=O)c2ccccc2n2c(SCC(=O)NC(c3ccc(OC)cc3)C(C)C)nnc12. The van der Waals surface area contributed by atoms with Crippen LogP contribution in [0, 0.1) is 5.92 Å². The van der Waals surface area contributed by atoms with Gasteiger partial charge in [-0.1, -0.05) is 56.8 Å². The molecule has 4 rings (SSSR count). The normalized spacial score (nSPS) is 12.4. The van der Waals surface area contributed by atoms with Gasteiger partial charge in [0, 0.05) is 6.54 Å². The van der Waals surface area contributed by atoms with E-state index in [1.165, 1.54) is 11.8 Å². The van der Waals surface area contributed by atoms with Crippen LogP contribution in [0.15, 0.2) is 58.5 Å². The molecule has 0 aliphatic carbocycles. The predicted octanol–water partition coefficient (Wildman–Crippen LogP) is 4.07. The Hall–Kier alpha value is -3.33. The van der Waals surface area contributed by atoms with Crippen molar-refractivity contribution < 1.29 is 9.53 Å². The summed E-state index contributed by atoms with van der Waals surface area (Å²) in [6.07, 6.45) is 0.799. The molecule has 1 N–H and O–H groups in total. The molecule has 0 fully saturated rings. The monoisotopic (exact) mass is 479 g/mol. The highest BCUT2D eigenvalue weighted by Gasteiger charge is 2.21. The third-order valence-corrected chi connectivity index (χ3v) is 6.64. The summed E-state index contributed by atoms with van der Waals surface area (Å²) in [6, 6.07) is 15.0. The lowest BCUT2D eigenvalue weighted by molar-refractivity contribution is -0.119. The second-order valence-electron chi connectivity index (χ2n) is 8.44. The second-order valence-corrected chi connectivity index (χ2v) is 9.39. The van der Waals surface area contributed by atoms with Gasteiger partial charge in [0.15, 0.2) is 5.16 Å². The summed E-state index contributed by atoms with van der Waals surface area (Å²) in [7, 11) is 1.63. The zero-order valence-electron chi connectivity index (χ0n) is 19.8. The van der Waals surface area contributed by atoms with E-state index in [0.717, 1.165) is 23.3 Å². The molecule has 1 amide bonds. The highest BCUT2D eigenvalue weighted by molar-refractivity contribution is 7.99. The zero-order valence-corrected chi connectivity index (χ0v) is 20.6. The number of benzene rings is 2. The summed E-state index contributed by atoms with van der Waals surface area (Å²) in [4.78, 5) is 25.9. The molecule has 0 spiro atoms. The fraction of sp³-hybridized carbons (Fsp3) is 0.360. The number of carbonyl (C=O) groups excluding carboxylic acids is 1. The molecule has 0 aliphatic rings. The number of aromatic nitrogens is 4. The number of thioether (sulfide) groups is 1. The van der Waals surface area contributed by atoms with Crippen molar-refractivity contribution in [3.63, 3.8) is 0 Å². The number of hydrogen-bond donors (Lipinski definition) is 1. The van der Waals surface area contributed by atoms with E-state index in [1.54, 1.807) is 11.7 Å². The second kappa shape index (κ2) is 10.3. The summed E-state index contributed by atoms with van der Waals surface area (Å²) < 4.78 is 8.76. The van der Waals surface area contributed by atoms with Gasteiger partial charge in [-0.25, -0.2) is 0 Å². The van der Waals surface area contributed by atoms with E-state index in [-0.39, 0.29) is 29.2 Å². The van der Waals surface area contributed by atoms with Gasteiger partial charge in [0.05, 0.1) is 29.8 Å². The van der Waals surface area contributed by atoms with Crippen molar-refractivity contribution in [2.75, 3.05) is 12.9 Å². The van der Waals surface area contributed by atoms with Crippen molar-refractivity contribution in [2.45, 2.75) is 44.9 Å². The minimum absolute atomic E-state index is 0.0779. The number of carbonyl (C=O) groups is 1. The van der Waals surface area contributed by atoms with E-state index in [0.29, 0.717) is 22.9 Å². The van der Waals surface area contributed by atoms with Crippen LogP contribution in [-0.2, 0) is 11.3 Å². The number of fused-ring (bicyclic) bond motifs is 3. The molecular weight excluding hydrogens is 450 g/mol. The quantitative estimate of drug-likeness (QED) is 0.364. The third kappa shape index (κ3) is 4.65. The summed E-state index contributed by atoms with van der Waals surface area (Å²) in [5, 5.41) is 12.9. The number of hydrogen-bond acceptors (Lipinski definition) is 6. The van der Waals surface area contributed by atoms with Crippen LogP contribution in [0.3, 0.4) is 0 Å². The summed E-state index contributed by atoms with van der Waals surface area (Å²) in [6.45, 7) is 6.72. The highest BCUT2D eigenvalue weighted by Crippen LogP contribution is 2.25. The molecular formula is C25H29N5O3S. The van der Waals surface area contributed by atoms with Crippen molar-refractivity contribution in [2.24, 2.45) is 5.92 Å². The Bertz CT molecular complexity index is 1360. The standard InChI is InChI=1S/C25H29N5O3S/c1-5-14-29-23(32)19-8-6-7-9-20(19)30-24(29)27-28-25(30)34-15-21(31)26-22(16(2)3)17-10-12-18(33-4)13-11-17/h6-13,16,22H,5,14-15H2,1-4H3,(H,26,31). The largest absolute Gasteiger partial charge is 0.497 e. The number of methoxy groups -OCH3 is 1. The van der Waals surface area contributed by atoms with Crippen LogP contribution in [0.2, 0.25) is 0 Å². The van der Waals surface area contributed by atoms with Crippen LogP contribution in [0.1, 0.15) is 38.8 Å². The topological polar surface area (TPSA) is 90.5 Å². The van der Waals surface area contributed by atoms with Gasteiger partial charge in [0.2, 0.25) is 11.7 Å². The van der Waals surface area contributed by atoms with Crippen molar-refractivity contribution >= 4 is 34.3 Å². The Morgan fingerprint density at radius 2 is 1.85 bits per heavy atom. The summed E-state index contributed by atoms with van der Waals surface area (Å²) in [5.41, 5.74) is 1.68. The molecule has 0 saturated heterocycles. The number of nitrogens with one attached hydrogen (secondary N) is 1. The molecule has 1 atom stereocenters. The Morgan fingerprint density at radius 3 is 2.53 bits per heavy atom. The molecule has 0 aliphatic heterocycles. The number of rotatable bonds is 9. The number of amides is 1. The Balaban J connectivity index is 1.58. The maximum atomic E-state index is 13.0. The number of ether oxygens (including phenoxy) is 1. The minimum Gasteiger partial charge on any atom is -0.497 e. The lowest BCUT2D eigenvalue weighted by Crippen LogP contribution is -2.33. The van der Waals surface area contributed by atoms with Gasteiger partial charge in [-0.3, -0.25) is 18.6 Å². The fourth-order valence-electron chi connectivity index (χ4n) is 4.04. The summed E-state index contributed by atoms with van der Waals surface area (Å²) >= 11 is 1.31. The van der Waals surface area contributed by atoms with Crippen molar-refractivity contribution in [3.05, 3.63) is 64.4 Å². The first-order valence-corrected chi connectivity index (χ1v) is 12.4. The molecule has 1 unspecified atom stereocenters. The molecule has 2 aromatic carbocycles. The Labute approximate surface area is 202 Å². The van der Waals surface area contributed by atoms with Crippen molar-refractivity contribution in [3.8, 4) is 5.75 Å². The van der Waals surface area contributed by atoms with Gasteiger partial charge in [0.25, 0.3) is 5.56 Å². The number of aryl methyl sites for hydroxylation is 1. The van der Waals surface area contributed by atoms with E-state index in [2.05, 4.69) is 29.4 Å². The maximum Gasteiger partial charge on any atom is 0.262 e.